The Hall–Kier alpha value is -3.12. The van der Waals surface area contributed by atoms with Crippen molar-refractivity contribution in [3.05, 3.63) is 70.7 Å². The highest BCUT2D eigenvalue weighted by Crippen LogP contribution is 2.34. The zero-order chi connectivity index (χ0) is 19.0. The summed E-state index contributed by atoms with van der Waals surface area (Å²) < 4.78 is 0. The highest BCUT2D eigenvalue weighted by Gasteiger charge is 2.31. The van der Waals surface area contributed by atoms with Crippen molar-refractivity contribution < 1.29 is 5.11 Å². The van der Waals surface area contributed by atoms with Crippen LogP contribution < -0.4 is 9.80 Å². The number of aliphatic hydroxyl groups excluding tert-OH is 1. The summed E-state index contributed by atoms with van der Waals surface area (Å²) in [4.78, 5) is 8.48. The molecule has 5 nitrogen and oxygen atoms in total. The Morgan fingerprint density at radius 2 is 1.78 bits per heavy atom. The van der Waals surface area contributed by atoms with E-state index in [4.69, 9.17) is 5.41 Å². The van der Waals surface area contributed by atoms with Gasteiger partial charge in [0, 0.05) is 36.4 Å². The molecule has 2 heterocycles. The van der Waals surface area contributed by atoms with Gasteiger partial charge in [-0.15, -0.1) is 11.3 Å². The number of hydrogen-bond acceptors (Lipinski definition) is 5. The average molecular weight is 376 g/mol. The average Bonchev–Trinajstić information content (AvgIpc) is 3.27. The Morgan fingerprint density at radius 3 is 2.44 bits per heavy atom. The van der Waals surface area contributed by atoms with E-state index in [1.54, 1.807) is 4.90 Å². The van der Waals surface area contributed by atoms with Crippen LogP contribution in [0.15, 0.2) is 65.7 Å². The highest BCUT2D eigenvalue weighted by molar-refractivity contribution is 7.11. The van der Waals surface area contributed by atoms with E-state index in [1.807, 2.05) is 79.0 Å². The minimum absolute atomic E-state index is 0.186. The monoisotopic (exact) mass is 376 g/mol. The quantitative estimate of drug-likeness (QED) is 0.696. The van der Waals surface area contributed by atoms with Crippen molar-refractivity contribution in [3.63, 3.8) is 0 Å². The maximum absolute atomic E-state index is 10.5. The molecule has 0 spiro atoms. The molecule has 1 aliphatic rings. The van der Waals surface area contributed by atoms with Gasteiger partial charge in [0.1, 0.15) is 16.6 Å². The first kappa shape index (κ1) is 17.3. The standard InChI is InChI=1S/C21H20N4OS/c1-24(2)15-8-10-16(11-9-15)25-12-18(26)19(20(25)22)21-23-17(13-27-21)14-6-4-3-5-7-14/h3-11,13,22,26H,12H2,1-2H3. The molecule has 27 heavy (non-hydrogen) atoms. The van der Waals surface area contributed by atoms with Crippen molar-refractivity contribution in [3.8, 4) is 11.3 Å². The number of benzene rings is 2. The molecule has 6 heteroatoms. The number of aromatic nitrogens is 1. The summed E-state index contributed by atoms with van der Waals surface area (Å²) >= 11 is 1.45. The molecule has 0 unspecified atom stereocenters. The molecule has 0 fully saturated rings. The van der Waals surface area contributed by atoms with Gasteiger partial charge in [-0.1, -0.05) is 30.3 Å². The van der Waals surface area contributed by atoms with Gasteiger partial charge in [-0.3, -0.25) is 5.41 Å². The van der Waals surface area contributed by atoms with Gasteiger partial charge in [-0.2, -0.15) is 0 Å². The van der Waals surface area contributed by atoms with Crippen molar-refractivity contribution in [2.24, 2.45) is 0 Å². The molecule has 2 aromatic carbocycles. The van der Waals surface area contributed by atoms with E-state index in [0.717, 1.165) is 22.6 Å². The molecule has 2 N–H and O–H groups in total. The molecule has 1 aliphatic heterocycles. The Morgan fingerprint density at radius 1 is 1.07 bits per heavy atom. The van der Waals surface area contributed by atoms with Crippen LogP contribution in [0.25, 0.3) is 16.8 Å². The van der Waals surface area contributed by atoms with Crippen LogP contribution in [0.2, 0.25) is 0 Å². The molecule has 0 aliphatic carbocycles. The fourth-order valence-electron chi connectivity index (χ4n) is 3.09. The summed E-state index contributed by atoms with van der Waals surface area (Å²) in [5, 5.41) is 21.7. The summed E-state index contributed by atoms with van der Waals surface area (Å²) in [6.45, 7) is 0.287. The zero-order valence-electron chi connectivity index (χ0n) is 15.2. The lowest BCUT2D eigenvalue weighted by molar-refractivity contribution is 0.411. The first-order chi connectivity index (χ1) is 13.0. The normalized spacial score (nSPS) is 14.1. The van der Waals surface area contributed by atoms with Gasteiger partial charge in [-0.05, 0) is 24.3 Å². The molecule has 0 saturated heterocycles. The predicted octanol–water partition coefficient (Wildman–Crippen LogP) is 4.64. The van der Waals surface area contributed by atoms with Crippen molar-refractivity contribution in [1.29, 1.82) is 5.41 Å². The Balaban J connectivity index is 1.60. The topological polar surface area (TPSA) is 63.5 Å². The van der Waals surface area contributed by atoms with Gasteiger partial charge in [0.05, 0.1) is 17.8 Å². The van der Waals surface area contributed by atoms with Crippen LogP contribution in [0.4, 0.5) is 11.4 Å². The minimum Gasteiger partial charge on any atom is -0.510 e. The fourth-order valence-corrected chi connectivity index (χ4v) is 3.98. The third-order valence-electron chi connectivity index (χ3n) is 4.57. The number of nitrogens with one attached hydrogen (secondary N) is 1. The smallest absolute Gasteiger partial charge is 0.139 e. The number of aliphatic hydroxyl groups is 1. The predicted molar refractivity (Wildman–Crippen MR) is 113 cm³/mol. The Labute approximate surface area is 162 Å². The van der Waals surface area contributed by atoms with Crippen molar-refractivity contribution in [1.82, 2.24) is 4.98 Å². The summed E-state index contributed by atoms with van der Waals surface area (Å²) in [5.41, 5.74) is 4.37. The van der Waals surface area contributed by atoms with E-state index in [-0.39, 0.29) is 18.1 Å². The lowest BCUT2D eigenvalue weighted by Crippen LogP contribution is -2.26. The number of nitrogens with zero attached hydrogens (tertiary/aromatic N) is 3. The Kier molecular flexibility index (Phi) is 4.41. The molecule has 4 rings (SSSR count). The van der Waals surface area contributed by atoms with Gasteiger partial charge >= 0.3 is 0 Å². The summed E-state index contributed by atoms with van der Waals surface area (Å²) in [6.07, 6.45) is 0. The molecule has 0 amide bonds. The van der Waals surface area contributed by atoms with E-state index >= 15 is 0 Å². The third kappa shape index (κ3) is 3.19. The van der Waals surface area contributed by atoms with E-state index in [9.17, 15) is 5.11 Å². The minimum atomic E-state index is 0.186. The van der Waals surface area contributed by atoms with Gasteiger partial charge < -0.3 is 14.9 Å². The fraction of sp³-hybridized carbons (Fsp3) is 0.143. The second-order valence-corrected chi connectivity index (χ2v) is 7.43. The molecule has 0 radical (unpaired) electrons. The molecular formula is C21H20N4OS. The van der Waals surface area contributed by atoms with E-state index in [0.29, 0.717) is 10.6 Å². The van der Waals surface area contributed by atoms with E-state index in [2.05, 4.69) is 4.98 Å². The van der Waals surface area contributed by atoms with Gasteiger partial charge in [0.2, 0.25) is 0 Å². The lowest BCUT2D eigenvalue weighted by atomic mass is 10.2. The zero-order valence-corrected chi connectivity index (χ0v) is 16.0. The maximum Gasteiger partial charge on any atom is 0.139 e. The van der Waals surface area contributed by atoms with Crippen molar-refractivity contribution in [2.45, 2.75) is 0 Å². The van der Waals surface area contributed by atoms with Crippen LogP contribution >= 0.6 is 11.3 Å². The number of anilines is 2. The molecule has 0 saturated carbocycles. The van der Waals surface area contributed by atoms with Gasteiger partial charge in [-0.25, -0.2) is 4.98 Å². The molecule has 3 aromatic rings. The molecular weight excluding hydrogens is 356 g/mol. The first-order valence-corrected chi connectivity index (χ1v) is 9.50. The molecule has 1 aromatic heterocycles. The van der Waals surface area contributed by atoms with E-state index < -0.39 is 0 Å². The third-order valence-corrected chi connectivity index (χ3v) is 5.43. The van der Waals surface area contributed by atoms with Crippen LogP contribution in [0, 0.1) is 5.41 Å². The lowest BCUT2D eigenvalue weighted by Gasteiger charge is -2.20. The number of rotatable bonds is 4. The van der Waals surface area contributed by atoms with Gasteiger partial charge in [0.25, 0.3) is 0 Å². The Bertz CT molecular complexity index is 1010. The number of amidine groups is 1. The van der Waals surface area contributed by atoms with Crippen molar-refractivity contribution >= 4 is 34.1 Å². The number of hydrogen-bond donors (Lipinski definition) is 2. The number of thiazole rings is 1. The highest BCUT2D eigenvalue weighted by atomic mass is 32.1. The SMILES string of the molecule is CN(C)c1ccc(N2CC(O)=C(c3nc(-c4ccccc4)cs3)C2=N)cc1. The van der Waals surface area contributed by atoms with Crippen LogP contribution in [0.5, 0.6) is 0 Å². The van der Waals surface area contributed by atoms with E-state index in [1.165, 1.54) is 11.3 Å². The molecule has 0 bridgehead atoms. The summed E-state index contributed by atoms with van der Waals surface area (Å²) in [6, 6.07) is 17.9. The summed E-state index contributed by atoms with van der Waals surface area (Å²) in [7, 11) is 3.98. The first-order valence-electron chi connectivity index (χ1n) is 8.62. The maximum atomic E-state index is 10.5. The summed E-state index contributed by atoms with van der Waals surface area (Å²) in [5.74, 6) is 0.463. The van der Waals surface area contributed by atoms with Crippen LogP contribution in [-0.2, 0) is 0 Å². The van der Waals surface area contributed by atoms with Crippen LogP contribution in [0.1, 0.15) is 5.01 Å². The molecule has 0 atom stereocenters. The largest absolute Gasteiger partial charge is 0.510 e. The second kappa shape index (κ2) is 6.89. The van der Waals surface area contributed by atoms with Crippen molar-refractivity contribution in [2.75, 3.05) is 30.4 Å². The second-order valence-electron chi connectivity index (χ2n) is 6.57. The van der Waals surface area contributed by atoms with Gasteiger partial charge in [0.15, 0.2) is 0 Å². The van der Waals surface area contributed by atoms with Crippen LogP contribution in [-0.4, -0.2) is 36.6 Å². The molecule has 136 valence electrons. The van der Waals surface area contributed by atoms with Crippen LogP contribution in [0.3, 0.4) is 0 Å².